The Morgan fingerprint density at radius 2 is 2.03 bits per heavy atom. The van der Waals surface area contributed by atoms with Crippen LogP contribution in [-0.4, -0.2) is 23.4 Å². The first-order valence-corrected chi connectivity index (χ1v) is 8.92. The van der Waals surface area contributed by atoms with E-state index in [0.717, 1.165) is 0 Å². The maximum Gasteiger partial charge on any atom is 0.310 e. The predicted octanol–water partition coefficient (Wildman–Crippen LogP) is 3.08. The summed E-state index contributed by atoms with van der Waals surface area (Å²) in [5, 5.41) is 17.2. The second-order valence-electron chi connectivity index (χ2n) is 6.47. The number of hydrogen-bond donors (Lipinski definition) is 3. The molecule has 9 nitrogen and oxygen atoms in total. The number of fused-ring (bicyclic) bond motifs is 1. The Morgan fingerprint density at radius 1 is 1.28 bits per heavy atom. The second kappa shape index (κ2) is 8.01. The molecule has 150 valence electrons. The number of carbonyl (C=O) groups is 2. The molecule has 29 heavy (non-hydrogen) atoms. The van der Waals surface area contributed by atoms with Gasteiger partial charge in [-0.25, -0.2) is 0 Å². The number of nitrogen functional groups attached to an aromatic ring is 1. The van der Waals surface area contributed by atoms with Crippen LogP contribution in [0.1, 0.15) is 25.0 Å². The highest BCUT2D eigenvalue weighted by Gasteiger charge is 2.27. The van der Waals surface area contributed by atoms with E-state index >= 15 is 0 Å². The number of nitro groups is 1. The molecule has 0 fully saturated rings. The zero-order valence-electron chi connectivity index (χ0n) is 15.9. The van der Waals surface area contributed by atoms with Crippen molar-refractivity contribution in [1.82, 2.24) is 0 Å². The van der Waals surface area contributed by atoms with Crippen LogP contribution in [0.15, 0.2) is 42.1 Å². The lowest BCUT2D eigenvalue weighted by atomic mass is 10.0. The lowest BCUT2D eigenvalue weighted by Gasteiger charge is -2.11. The Balaban J connectivity index is 1.92. The molecule has 0 aliphatic carbocycles. The van der Waals surface area contributed by atoms with Gasteiger partial charge in [-0.1, -0.05) is 0 Å². The molecule has 4 N–H and O–H groups in total. The number of hydrogen-bond acceptors (Lipinski definition) is 7. The van der Waals surface area contributed by atoms with E-state index in [0.29, 0.717) is 33.9 Å². The fourth-order valence-corrected chi connectivity index (χ4v) is 3.16. The molecule has 0 spiro atoms. The number of anilines is 3. The smallest absolute Gasteiger partial charge is 0.310 e. The van der Waals surface area contributed by atoms with Crippen LogP contribution < -0.4 is 16.4 Å². The molecule has 0 saturated heterocycles. The number of nitro benzene ring substituents is 1. The van der Waals surface area contributed by atoms with E-state index in [2.05, 4.69) is 10.6 Å². The van der Waals surface area contributed by atoms with Crippen molar-refractivity contribution in [2.75, 3.05) is 23.0 Å². The van der Waals surface area contributed by atoms with Gasteiger partial charge in [0.15, 0.2) is 0 Å². The molecule has 0 aromatic heterocycles. The van der Waals surface area contributed by atoms with E-state index in [1.807, 2.05) is 0 Å². The molecule has 1 aliphatic rings. The summed E-state index contributed by atoms with van der Waals surface area (Å²) in [6, 6.07) is 9.54. The first kappa shape index (κ1) is 19.9. The SMILES string of the molecule is CCOC(=O)Cc1ccc(NC(C)=C2C(=O)Nc3ccc(N)cc32)cc1[N+](=O)[O-]. The number of nitrogens with two attached hydrogens (primary N) is 1. The van der Waals surface area contributed by atoms with Crippen molar-refractivity contribution in [1.29, 1.82) is 0 Å². The highest BCUT2D eigenvalue weighted by Crippen LogP contribution is 2.35. The molecule has 1 aliphatic heterocycles. The quantitative estimate of drug-likeness (QED) is 0.224. The summed E-state index contributed by atoms with van der Waals surface area (Å²) >= 11 is 0. The van der Waals surface area contributed by atoms with Gasteiger partial charge in [-0.15, -0.1) is 0 Å². The summed E-state index contributed by atoms with van der Waals surface area (Å²) in [4.78, 5) is 34.9. The van der Waals surface area contributed by atoms with Crippen LogP contribution in [0.3, 0.4) is 0 Å². The molecule has 0 atom stereocenters. The summed E-state index contributed by atoms with van der Waals surface area (Å²) in [7, 11) is 0. The molecule has 0 bridgehead atoms. The van der Waals surface area contributed by atoms with E-state index in [4.69, 9.17) is 10.5 Å². The van der Waals surface area contributed by atoms with Gasteiger partial charge in [0, 0.05) is 40.0 Å². The van der Waals surface area contributed by atoms with E-state index in [1.54, 1.807) is 38.1 Å². The number of benzene rings is 2. The van der Waals surface area contributed by atoms with Crippen molar-refractivity contribution in [2.45, 2.75) is 20.3 Å². The Bertz CT molecular complexity index is 1050. The Labute approximate surface area is 166 Å². The maximum atomic E-state index is 12.4. The minimum atomic E-state index is -0.555. The predicted molar refractivity (Wildman–Crippen MR) is 109 cm³/mol. The van der Waals surface area contributed by atoms with Crippen LogP contribution in [0.25, 0.3) is 5.57 Å². The van der Waals surface area contributed by atoms with E-state index < -0.39 is 10.9 Å². The van der Waals surface area contributed by atoms with E-state index in [1.165, 1.54) is 12.1 Å². The second-order valence-corrected chi connectivity index (χ2v) is 6.47. The summed E-state index contributed by atoms with van der Waals surface area (Å²) in [6.45, 7) is 3.57. The monoisotopic (exact) mass is 396 g/mol. The molecule has 9 heteroatoms. The van der Waals surface area contributed by atoms with Gasteiger partial charge in [-0.05, 0) is 44.2 Å². The Kier molecular flexibility index (Phi) is 5.49. The normalized spacial score (nSPS) is 14.1. The first-order chi connectivity index (χ1) is 13.8. The van der Waals surface area contributed by atoms with Gasteiger partial charge in [0.2, 0.25) is 0 Å². The Morgan fingerprint density at radius 3 is 2.72 bits per heavy atom. The lowest BCUT2D eigenvalue weighted by molar-refractivity contribution is -0.385. The summed E-state index contributed by atoms with van der Waals surface area (Å²) in [6.07, 6.45) is -0.195. The standard InChI is InChI=1S/C20H20N4O5/c1-3-29-18(25)8-12-4-6-14(10-17(12)24(27)28)22-11(2)19-15-9-13(21)5-7-16(15)23-20(19)26/h4-7,9-10,22H,3,8,21H2,1-2H3,(H,23,26). The number of rotatable bonds is 6. The van der Waals surface area contributed by atoms with Gasteiger partial charge >= 0.3 is 5.97 Å². The van der Waals surface area contributed by atoms with Gasteiger partial charge in [0.05, 0.1) is 23.5 Å². The van der Waals surface area contributed by atoms with E-state index in [-0.39, 0.29) is 30.2 Å². The van der Waals surface area contributed by atoms with Crippen molar-refractivity contribution in [2.24, 2.45) is 0 Å². The minimum Gasteiger partial charge on any atom is -0.466 e. The van der Waals surface area contributed by atoms with Crippen molar-refractivity contribution in [3.63, 3.8) is 0 Å². The van der Waals surface area contributed by atoms with Crippen molar-refractivity contribution in [3.05, 3.63) is 63.3 Å². The average molecular weight is 396 g/mol. The molecule has 1 amide bonds. The molecular weight excluding hydrogens is 376 g/mol. The number of nitrogens with zero attached hydrogens (tertiary/aromatic N) is 1. The zero-order valence-corrected chi connectivity index (χ0v) is 15.9. The van der Waals surface area contributed by atoms with Crippen molar-refractivity contribution >= 4 is 40.2 Å². The topological polar surface area (TPSA) is 137 Å². The third-order valence-corrected chi connectivity index (χ3v) is 4.42. The summed E-state index contributed by atoms with van der Waals surface area (Å²) in [5.74, 6) is -0.824. The third-order valence-electron chi connectivity index (χ3n) is 4.42. The maximum absolute atomic E-state index is 12.4. The number of amides is 1. The molecular formula is C20H20N4O5. The first-order valence-electron chi connectivity index (χ1n) is 8.92. The average Bonchev–Trinajstić information content (AvgIpc) is 2.98. The third kappa shape index (κ3) is 4.18. The van der Waals surface area contributed by atoms with Crippen LogP contribution in [0.5, 0.6) is 0 Å². The zero-order chi connectivity index (χ0) is 21.1. The fraction of sp³-hybridized carbons (Fsp3) is 0.200. The number of carbonyl (C=O) groups excluding carboxylic acids is 2. The fourth-order valence-electron chi connectivity index (χ4n) is 3.16. The van der Waals surface area contributed by atoms with Crippen LogP contribution >= 0.6 is 0 Å². The minimum absolute atomic E-state index is 0.195. The summed E-state index contributed by atoms with van der Waals surface area (Å²) in [5.41, 5.74) is 9.04. The molecule has 3 rings (SSSR count). The number of nitrogens with one attached hydrogen (secondary N) is 2. The number of allylic oxidation sites excluding steroid dienone is 1. The highest BCUT2D eigenvalue weighted by molar-refractivity contribution is 6.32. The van der Waals surface area contributed by atoms with Crippen LogP contribution in [0, 0.1) is 10.1 Å². The molecule has 0 saturated carbocycles. The van der Waals surface area contributed by atoms with Crippen LogP contribution in [-0.2, 0) is 20.7 Å². The lowest BCUT2D eigenvalue weighted by Crippen LogP contribution is -2.10. The van der Waals surface area contributed by atoms with E-state index in [9.17, 15) is 19.7 Å². The number of ether oxygens (including phenoxy) is 1. The number of esters is 1. The largest absolute Gasteiger partial charge is 0.466 e. The van der Waals surface area contributed by atoms with Crippen LogP contribution in [0.4, 0.5) is 22.7 Å². The highest BCUT2D eigenvalue weighted by atomic mass is 16.6. The molecule has 0 unspecified atom stereocenters. The molecule has 1 heterocycles. The van der Waals surface area contributed by atoms with Gasteiger partial charge in [0.1, 0.15) is 0 Å². The molecule has 0 radical (unpaired) electrons. The van der Waals surface area contributed by atoms with Crippen LogP contribution in [0.2, 0.25) is 0 Å². The van der Waals surface area contributed by atoms with Gasteiger partial charge in [-0.2, -0.15) is 0 Å². The molecule has 2 aromatic carbocycles. The van der Waals surface area contributed by atoms with Gasteiger partial charge < -0.3 is 21.1 Å². The van der Waals surface area contributed by atoms with Crippen molar-refractivity contribution in [3.8, 4) is 0 Å². The Hall–Kier alpha value is -3.88. The van der Waals surface area contributed by atoms with Gasteiger partial charge in [-0.3, -0.25) is 19.7 Å². The summed E-state index contributed by atoms with van der Waals surface area (Å²) < 4.78 is 4.86. The van der Waals surface area contributed by atoms with Gasteiger partial charge in [0.25, 0.3) is 11.6 Å². The van der Waals surface area contributed by atoms with Crippen molar-refractivity contribution < 1.29 is 19.2 Å². The molecule has 2 aromatic rings.